The molecular weight excluding hydrogens is 360 g/mol. The Bertz CT molecular complexity index is 738. The van der Waals surface area contributed by atoms with E-state index in [1.807, 2.05) is 0 Å². The number of hydrogen-bond acceptors (Lipinski definition) is 6. The molecule has 8 nitrogen and oxygen atoms in total. The third-order valence-electron chi connectivity index (χ3n) is 4.85. The van der Waals surface area contributed by atoms with Gasteiger partial charge in [-0.25, -0.2) is 0 Å². The van der Waals surface area contributed by atoms with E-state index in [0.717, 1.165) is 30.6 Å². The SMILES string of the molecule is C=C/C=C1/C(=O)N(C2CCC(=O)NC2=O)C(=O)/C1=C(/C)NCCCCCCN. The fraction of sp³-hybridized carbons (Fsp3) is 0.500. The molecule has 8 heteroatoms. The van der Waals surface area contributed by atoms with Gasteiger partial charge in [-0.3, -0.25) is 29.4 Å². The second-order valence-electron chi connectivity index (χ2n) is 6.89. The van der Waals surface area contributed by atoms with Crippen LogP contribution in [0.3, 0.4) is 0 Å². The summed E-state index contributed by atoms with van der Waals surface area (Å²) in [4.78, 5) is 50.3. The summed E-state index contributed by atoms with van der Waals surface area (Å²) in [6.45, 7) is 6.70. The van der Waals surface area contributed by atoms with E-state index in [1.165, 1.54) is 12.2 Å². The van der Waals surface area contributed by atoms with Crippen LogP contribution in [0.4, 0.5) is 0 Å². The van der Waals surface area contributed by atoms with Crippen molar-refractivity contribution < 1.29 is 19.2 Å². The van der Waals surface area contributed by atoms with Gasteiger partial charge in [-0.2, -0.15) is 0 Å². The Morgan fingerprint density at radius 2 is 1.93 bits per heavy atom. The average molecular weight is 388 g/mol. The summed E-state index contributed by atoms with van der Waals surface area (Å²) in [6, 6.07) is -0.979. The molecule has 2 aliphatic heterocycles. The lowest BCUT2D eigenvalue weighted by Gasteiger charge is -2.27. The molecule has 0 spiro atoms. The van der Waals surface area contributed by atoms with Gasteiger partial charge in [0.05, 0.1) is 11.1 Å². The minimum atomic E-state index is -0.979. The molecule has 152 valence electrons. The molecule has 0 radical (unpaired) electrons. The summed E-state index contributed by atoms with van der Waals surface area (Å²) in [5, 5.41) is 5.39. The molecule has 28 heavy (non-hydrogen) atoms. The number of allylic oxidation sites excluding steroid dienone is 3. The van der Waals surface area contributed by atoms with Gasteiger partial charge >= 0.3 is 0 Å². The standard InChI is InChI=1S/C20H28N4O4/c1-3-8-14-17(13(2)22-12-7-5-4-6-11-21)20(28)24(19(14)27)15-9-10-16(25)23-18(15)26/h3,8,15,22H,1,4-7,9-12,21H2,2H3,(H,23,25,26)/b14-8+,17-13-. The molecule has 1 atom stereocenters. The lowest BCUT2D eigenvalue weighted by molar-refractivity contribution is -0.149. The Kier molecular flexibility index (Phi) is 7.69. The van der Waals surface area contributed by atoms with Crippen LogP contribution in [0.5, 0.6) is 0 Å². The number of piperidine rings is 1. The highest BCUT2D eigenvalue weighted by Crippen LogP contribution is 2.31. The molecular formula is C20H28N4O4. The highest BCUT2D eigenvalue weighted by atomic mass is 16.2. The summed E-state index contributed by atoms with van der Waals surface area (Å²) in [6.07, 6.45) is 7.12. The van der Waals surface area contributed by atoms with Crippen LogP contribution < -0.4 is 16.4 Å². The molecule has 0 aromatic heterocycles. The van der Waals surface area contributed by atoms with Gasteiger partial charge in [0.15, 0.2) is 0 Å². The summed E-state index contributed by atoms with van der Waals surface area (Å²) in [7, 11) is 0. The minimum absolute atomic E-state index is 0.0903. The molecule has 2 heterocycles. The topological polar surface area (TPSA) is 122 Å². The maximum Gasteiger partial charge on any atom is 0.264 e. The molecule has 2 aliphatic rings. The molecule has 2 saturated heterocycles. The Morgan fingerprint density at radius 3 is 2.57 bits per heavy atom. The van der Waals surface area contributed by atoms with Crippen LogP contribution >= 0.6 is 0 Å². The number of likely N-dealkylation sites (tertiary alicyclic amines) is 1. The van der Waals surface area contributed by atoms with Gasteiger partial charge in [-0.1, -0.05) is 25.5 Å². The lowest BCUT2D eigenvalue weighted by atomic mass is 10.0. The maximum absolute atomic E-state index is 13.0. The van der Waals surface area contributed by atoms with E-state index < -0.39 is 29.7 Å². The number of imide groups is 2. The molecule has 4 N–H and O–H groups in total. The first-order valence-electron chi connectivity index (χ1n) is 9.61. The highest BCUT2D eigenvalue weighted by molar-refractivity contribution is 6.26. The maximum atomic E-state index is 13.0. The first-order valence-corrected chi connectivity index (χ1v) is 9.61. The van der Waals surface area contributed by atoms with Gasteiger partial charge in [0.1, 0.15) is 6.04 Å². The largest absolute Gasteiger partial charge is 0.388 e. The number of nitrogens with one attached hydrogen (secondary N) is 2. The van der Waals surface area contributed by atoms with Crippen molar-refractivity contribution in [3.8, 4) is 0 Å². The molecule has 1 unspecified atom stereocenters. The van der Waals surface area contributed by atoms with E-state index >= 15 is 0 Å². The van der Waals surface area contributed by atoms with E-state index in [1.54, 1.807) is 6.92 Å². The van der Waals surface area contributed by atoms with Crippen LogP contribution in [0.15, 0.2) is 35.6 Å². The van der Waals surface area contributed by atoms with E-state index in [9.17, 15) is 19.2 Å². The van der Waals surface area contributed by atoms with E-state index in [-0.39, 0.29) is 24.0 Å². The smallest absolute Gasteiger partial charge is 0.264 e. The second kappa shape index (κ2) is 9.98. The number of carbonyl (C=O) groups is 4. The van der Waals surface area contributed by atoms with Gasteiger partial charge in [-0.15, -0.1) is 0 Å². The molecule has 2 rings (SSSR count). The molecule has 4 amide bonds. The van der Waals surface area contributed by atoms with Crippen LogP contribution in [-0.2, 0) is 19.2 Å². The van der Waals surface area contributed by atoms with Crippen molar-refractivity contribution in [1.29, 1.82) is 0 Å². The van der Waals surface area contributed by atoms with Crippen LogP contribution in [0.25, 0.3) is 0 Å². The van der Waals surface area contributed by atoms with Crippen molar-refractivity contribution >= 4 is 23.6 Å². The van der Waals surface area contributed by atoms with Gasteiger partial charge in [0.2, 0.25) is 11.8 Å². The number of amides is 4. The third-order valence-corrected chi connectivity index (χ3v) is 4.85. The number of carbonyl (C=O) groups excluding carboxylic acids is 4. The van der Waals surface area contributed by atoms with Gasteiger partial charge in [-0.05, 0) is 38.8 Å². The van der Waals surface area contributed by atoms with Crippen LogP contribution in [0.1, 0.15) is 45.4 Å². The van der Waals surface area contributed by atoms with Gasteiger partial charge in [0, 0.05) is 18.7 Å². The van der Waals surface area contributed by atoms with Gasteiger partial charge < -0.3 is 11.1 Å². The molecule has 0 saturated carbocycles. The van der Waals surface area contributed by atoms with Crippen molar-refractivity contribution in [3.63, 3.8) is 0 Å². The number of rotatable bonds is 9. The Labute approximate surface area is 164 Å². The zero-order valence-corrected chi connectivity index (χ0v) is 16.3. The minimum Gasteiger partial charge on any atom is -0.388 e. The average Bonchev–Trinajstić information content (AvgIpc) is 2.89. The summed E-state index contributed by atoms with van der Waals surface area (Å²) >= 11 is 0. The number of nitrogens with zero attached hydrogens (tertiary/aromatic N) is 1. The zero-order chi connectivity index (χ0) is 20.7. The molecule has 2 fully saturated rings. The monoisotopic (exact) mass is 388 g/mol. The van der Waals surface area contributed by atoms with Crippen molar-refractivity contribution in [3.05, 3.63) is 35.6 Å². The van der Waals surface area contributed by atoms with Crippen molar-refractivity contribution in [1.82, 2.24) is 15.5 Å². The fourth-order valence-electron chi connectivity index (χ4n) is 3.40. The second-order valence-corrected chi connectivity index (χ2v) is 6.89. The third kappa shape index (κ3) is 4.75. The first-order chi connectivity index (χ1) is 13.4. The zero-order valence-electron chi connectivity index (χ0n) is 16.3. The Morgan fingerprint density at radius 1 is 1.21 bits per heavy atom. The van der Waals surface area contributed by atoms with Crippen molar-refractivity contribution in [2.45, 2.75) is 51.5 Å². The van der Waals surface area contributed by atoms with Crippen LogP contribution in [-0.4, -0.2) is 47.7 Å². The van der Waals surface area contributed by atoms with Crippen LogP contribution in [0, 0.1) is 0 Å². The fourth-order valence-corrected chi connectivity index (χ4v) is 3.40. The highest BCUT2D eigenvalue weighted by Gasteiger charge is 2.47. The van der Waals surface area contributed by atoms with Crippen molar-refractivity contribution in [2.75, 3.05) is 13.1 Å². The lowest BCUT2D eigenvalue weighted by Crippen LogP contribution is -2.54. The van der Waals surface area contributed by atoms with Gasteiger partial charge in [0.25, 0.3) is 11.8 Å². The molecule has 0 aromatic carbocycles. The Balaban J connectivity index is 2.18. The summed E-state index contributed by atoms with van der Waals surface area (Å²) in [5.74, 6) is -2.09. The van der Waals surface area contributed by atoms with E-state index in [0.29, 0.717) is 18.8 Å². The predicted octanol–water partition coefficient (Wildman–Crippen LogP) is 0.656. The van der Waals surface area contributed by atoms with E-state index in [2.05, 4.69) is 17.2 Å². The first kappa shape index (κ1) is 21.6. The predicted molar refractivity (Wildman–Crippen MR) is 105 cm³/mol. The van der Waals surface area contributed by atoms with Crippen molar-refractivity contribution in [2.24, 2.45) is 5.73 Å². The summed E-state index contributed by atoms with van der Waals surface area (Å²) < 4.78 is 0. The summed E-state index contributed by atoms with van der Waals surface area (Å²) in [5.41, 5.74) is 6.52. The number of unbranched alkanes of at least 4 members (excludes halogenated alkanes) is 3. The molecule has 0 aromatic rings. The molecule has 0 bridgehead atoms. The van der Waals surface area contributed by atoms with E-state index in [4.69, 9.17) is 5.73 Å². The Hall–Kier alpha value is -2.74. The number of hydrogen-bond donors (Lipinski definition) is 3. The normalized spacial score (nSPS) is 23.3. The quantitative estimate of drug-likeness (QED) is 0.303. The van der Waals surface area contributed by atoms with Crippen LogP contribution in [0.2, 0.25) is 0 Å². The number of nitrogens with two attached hydrogens (primary N) is 1. The molecule has 0 aliphatic carbocycles.